The molecule has 0 aromatic heterocycles. The summed E-state index contributed by atoms with van der Waals surface area (Å²) < 4.78 is 10.8. The number of ether oxygens (including phenoxy) is 2. The van der Waals surface area contributed by atoms with E-state index in [0.29, 0.717) is 29.5 Å². The lowest BCUT2D eigenvalue weighted by atomic mass is 10.1. The maximum Gasteiger partial charge on any atom is 0.341 e. The molecule has 0 radical (unpaired) electrons. The first-order valence-corrected chi connectivity index (χ1v) is 6.19. The van der Waals surface area contributed by atoms with E-state index in [2.05, 4.69) is 13.8 Å². The van der Waals surface area contributed by atoms with E-state index < -0.39 is 5.97 Å². The smallest absolute Gasteiger partial charge is 0.341 e. The zero-order chi connectivity index (χ0) is 13.7. The lowest BCUT2D eigenvalue weighted by Gasteiger charge is -2.20. The van der Waals surface area contributed by atoms with Crippen LogP contribution in [0.5, 0.6) is 5.75 Å². The molecule has 2 N–H and O–H groups in total. The van der Waals surface area contributed by atoms with Crippen molar-refractivity contribution >= 4 is 11.7 Å². The summed E-state index contributed by atoms with van der Waals surface area (Å²) >= 11 is 0. The van der Waals surface area contributed by atoms with Gasteiger partial charge >= 0.3 is 5.97 Å². The number of benzene rings is 1. The van der Waals surface area contributed by atoms with E-state index in [1.165, 1.54) is 0 Å². The van der Waals surface area contributed by atoms with Gasteiger partial charge in [0.1, 0.15) is 11.3 Å². The summed E-state index contributed by atoms with van der Waals surface area (Å²) in [5.41, 5.74) is 6.58. The summed E-state index contributed by atoms with van der Waals surface area (Å²) in [4.78, 5) is 11.8. The fourth-order valence-corrected chi connectivity index (χ4v) is 1.36. The molecule has 1 aromatic carbocycles. The molecule has 4 heteroatoms. The summed E-state index contributed by atoms with van der Waals surface area (Å²) in [6, 6.07) is 5.01. The van der Waals surface area contributed by atoms with E-state index >= 15 is 0 Å². The normalized spacial score (nSPS) is 12.3. The minimum Gasteiger partial charge on any atom is -0.490 e. The first-order chi connectivity index (χ1) is 8.45. The minimum absolute atomic E-state index is 0.0156. The number of nitrogens with two attached hydrogens (primary N) is 1. The third-order valence-electron chi connectivity index (χ3n) is 2.75. The topological polar surface area (TPSA) is 61.5 Å². The van der Waals surface area contributed by atoms with Gasteiger partial charge in [0.25, 0.3) is 0 Å². The standard InChI is InChI=1S/C14H21NO3/c1-5-17-14(16)12-8-11(15)6-7-13(12)18-10(4)9(2)3/h6-10H,5,15H2,1-4H3. The predicted octanol–water partition coefficient (Wildman–Crippen LogP) is 2.87. The predicted molar refractivity (Wildman–Crippen MR) is 71.7 cm³/mol. The molecule has 1 rings (SSSR count). The van der Waals surface area contributed by atoms with E-state index in [-0.39, 0.29) is 6.10 Å². The highest BCUT2D eigenvalue weighted by Gasteiger charge is 2.17. The van der Waals surface area contributed by atoms with Gasteiger partial charge in [-0.1, -0.05) is 13.8 Å². The Morgan fingerprint density at radius 3 is 2.56 bits per heavy atom. The van der Waals surface area contributed by atoms with Crippen LogP contribution in [0, 0.1) is 5.92 Å². The number of esters is 1. The van der Waals surface area contributed by atoms with Crippen molar-refractivity contribution in [3.05, 3.63) is 23.8 Å². The largest absolute Gasteiger partial charge is 0.490 e. The molecule has 0 amide bonds. The van der Waals surface area contributed by atoms with Crippen molar-refractivity contribution < 1.29 is 14.3 Å². The molecule has 0 saturated carbocycles. The Kier molecular flexibility index (Phi) is 5.01. The van der Waals surface area contributed by atoms with Crippen LogP contribution in [-0.2, 0) is 4.74 Å². The highest BCUT2D eigenvalue weighted by atomic mass is 16.5. The van der Waals surface area contributed by atoms with Crippen LogP contribution in [0.2, 0.25) is 0 Å². The van der Waals surface area contributed by atoms with Crippen molar-refractivity contribution in [1.29, 1.82) is 0 Å². The second kappa shape index (κ2) is 6.28. The van der Waals surface area contributed by atoms with E-state index in [1.54, 1.807) is 25.1 Å². The SMILES string of the molecule is CCOC(=O)c1cc(N)ccc1OC(C)C(C)C. The van der Waals surface area contributed by atoms with Crippen molar-refractivity contribution in [3.8, 4) is 5.75 Å². The summed E-state index contributed by atoms with van der Waals surface area (Å²) in [7, 11) is 0. The first-order valence-electron chi connectivity index (χ1n) is 6.19. The van der Waals surface area contributed by atoms with E-state index in [9.17, 15) is 4.79 Å². The van der Waals surface area contributed by atoms with Gasteiger partial charge in [-0.2, -0.15) is 0 Å². The zero-order valence-electron chi connectivity index (χ0n) is 11.4. The second-order valence-corrected chi connectivity index (χ2v) is 4.54. The van der Waals surface area contributed by atoms with Gasteiger partial charge in [0.2, 0.25) is 0 Å². The van der Waals surface area contributed by atoms with Gasteiger partial charge in [-0.05, 0) is 38.0 Å². The van der Waals surface area contributed by atoms with Crippen LogP contribution in [0.15, 0.2) is 18.2 Å². The van der Waals surface area contributed by atoms with Crippen LogP contribution >= 0.6 is 0 Å². The quantitative estimate of drug-likeness (QED) is 0.645. The fourth-order valence-electron chi connectivity index (χ4n) is 1.36. The van der Waals surface area contributed by atoms with Crippen LogP contribution in [0.3, 0.4) is 0 Å². The number of hydrogen-bond donors (Lipinski definition) is 1. The second-order valence-electron chi connectivity index (χ2n) is 4.54. The molecule has 1 aromatic rings. The Labute approximate surface area is 108 Å². The Hall–Kier alpha value is -1.71. The number of anilines is 1. The zero-order valence-corrected chi connectivity index (χ0v) is 11.4. The van der Waals surface area contributed by atoms with Crippen LogP contribution in [0.25, 0.3) is 0 Å². The molecule has 0 fully saturated rings. The highest BCUT2D eigenvalue weighted by Crippen LogP contribution is 2.24. The number of hydrogen-bond acceptors (Lipinski definition) is 4. The molecule has 0 spiro atoms. The lowest BCUT2D eigenvalue weighted by Crippen LogP contribution is -2.20. The molecule has 100 valence electrons. The summed E-state index contributed by atoms with van der Waals surface area (Å²) in [5.74, 6) is 0.470. The molecule has 0 bridgehead atoms. The van der Waals surface area contributed by atoms with Crippen molar-refractivity contribution in [1.82, 2.24) is 0 Å². The van der Waals surface area contributed by atoms with Gasteiger partial charge in [-0.25, -0.2) is 4.79 Å². The lowest BCUT2D eigenvalue weighted by molar-refractivity contribution is 0.0517. The fraction of sp³-hybridized carbons (Fsp3) is 0.500. The third-order valence-corrected chi connectivity index (χ3v) is 2.75. The molecular formula is C14H21NO3. The minimum atomic E-state index is -0.407. The third kappa shape index (κ3) is 3.65. The van der Waals surface area contributed by atoms with Gasteiger partial charge < -0.3 is 15.2 Å². The van der Waals surface area contributed by atoms with Crippen molar-refractivity contribution in [3.63, 3.8) is 0 Å². The van der Waals surface area contributed by atoms with Crippen molar-refractivity contribution in [2.75, 3.05) is 12.3 Å². The van der Waals surface area contributed by atoms with Gasteiger partial charge in [0, 0.05) is 5.69 Å². The highest BCUT2D eigenvalue weighted by molar-refractivity contribution is 5.93. The number of carbonyl (C=O) groups is 1. The van der Waals surface area contributed by atoms with Crippen molar-refractivity contribution in [2.24, 2.45) is 5.92 Å². The molecule has 1 unspecified atom stereocenters. The molecule has 0 saturated heterocycles. The number of carbonyl (C=O) groups excluding carboxylic acids is 1. The molecule has 0 aliphatic carbocycles. The molecule has 18 heavy (non-hydrogen) atoms. The monoisotopic (exact) mass is 251 g/mol. The number of rotatable bonds is 5. The van der Waals surface area contributed by atoms with Crippen LogP contribution in [-0.4, -0.2) is 18.7 Å². The summed E-state index contributed by atoms with van der Waals surface area (Å²) in [6.07, 6.45) is 0.0156. The average Bonchev–Trinajstić information content (AvgIpc) is 2.31. The molecule has 4 nitrogen and oxygen atoms in total. The van der Waals surface area contributed by atoms with Gasteiger partial charge in [-0.3, -0.25) is 0 Å². The molecule has 0 heterocycles. The van der Waals surface area contributed by atoms with Gasteiger partial charge in [0.15, 0.2) is 0 Å². The molecular weight excluding hydrogens is 230 g/mol. The maximum absolute atomic E-state index is 11.8. The van der Waals surface area contributed by atoms with Gasteiger partial charge in [0.05, 0.1) is 12.7 Å². The molecule has 1 atom stereocenters. The van der Waals surface area contributed by atoms with Crippen LogP contribution in [0.4, 0.5) is 5.69 Å². The Bertz CT molecular complexity index is 416. The van der Waals surface area contributed by atoms with Crippen LogP contribution in [0.1, 0.15) is 38.1 Å². The summed E-state index contributed by atoms with van der Waals surface area (Å²) in [5, 5.41) is 0. The summed E-state index contributed by atoms with van der Waals surface area (Å²) in [6.45, 7) is 8.18. The average molecular weight is 251 g/mol. The van der Waals surface area contributed by atoms with Gasteiger partial charge in [-0.15, -0.1) is 0 Å². The maximum atomic E-state index is 11.8. The Morgan fingerprint density at radius 1 is 1.33 bits per heavy atom. The van der Waals surface area contributed by atoms with E-state index in [4.69, 9.17) is 15.2 Å². The Balaban J connectivity index is 2.99. The molecule has 0 aliphatic rings. The van der Waals surface area contributed by atoms with Crippen molar-refractivity contribution in [2.45, 2.75) is 33.8 Å². The number of nitrogen functional groups attached to an aromatic ring is 1. The Morgan fingerprint density at radius 2 is 2.00 bits per heavy atom. The van der Waals surface area contributed by atoms with E-state index in [0.717, 1.165) is 0 Å². The van der Waals surface area contributed by atoms with E-state index in [1.807, 2.05) is 6.92 Å². The first kappa shape index (κ1) is 14.4. The van der Waals surface area contributed by atoms with Crippen LogP contribution < -0.4 is 10.5 Å². The molecule has 0 aliphatic heterocycles.